The third-order valence-electron chi connectivity index (χ3n) is 9.50. The van der Waals surface area contributed by atoms with Crippen LogP contribution in [0.3, 0.4) is 0 Å². The largest absolute Gasteiger partial charge is 0.147 e. The molecule has 49 heavy (non-hydrogen) atoms. The predicted molar refractivity (Wildman–Crippen MR) is 209 cm³/mol. The summed E-state index contributed by atoms with van der Waals surface area (Å²) in [6.45, 7) is 1.70. The molecule has 0 N–H and O–H groups in total. The van der Waals surface area contributed by atoms with Crippen LogP contribution < -0.4 is 4.90 Å². The molecule has 0 heterocycles. The van der Waals surface area contributed by atoms with Gasteiger partial charge in [-0.1, -0.05) is 0 Å². The van der Waals surface area contributed by atoms with Crippen molar-refractivity contribution in [2.24, 2.45) is 0 Å². The molecule has 6 aromatic carbocycles. The molecule has 1 atom stereocenters. The Kier molecular flexibility index (Phi) is 11.4. The zero-order chi connectivity index (χ0) is 31.4. The molecular formula is C45H39Cl2NZr. The van der Waals surface area contributed by atoms with E-state index >= 15 is 0 Å². The summed E-state index contributed by atoms with van der Waals surface area (Å²) in [5.41, 5.74) is 12.5. The van der Waals surface area contributed by atoms with E-state index in [4.69, 9.17) is 0 Å². The first-order chi connectivity index (χ1) is 23.3. The van der Waals surface area contributed by atoms with Crippen LogP contribution in [0.5, 0.6) is 0 Å². The average Bonchev–Trinajstić information content (AvgIpc) is 3.79. The summed E-state index contributed by atoms with van der Waals surface area (Å²) in [5, 5.41) is 0. The fraction of sp³-hybridized carbons (Fsp3) is 0.0889. The van der Waals surface area contributed by atoms with Gasteiger partial charge in [0.05, 0.1) is 0 Å². The van der Waals surface area contributed by atoms with Gasteiger partial charge in [0.25, 0.3) is 0 Å². The van der Waals surface area contributed by atoms with Crippen LogP contribution in [0.2, 0.25) is 0 Å². The Bertz CT molecular complexity index is 2020. The van der Waals surface area contributed by atoms with E-state index in [-0.39, 0.29) is 24.8 Å². The summed E-state index contributed by atoms with van der Waals surface area (Å²) in [7, 11) is 0. The SMILES string of the molecule is C1=CC[C]([Zr](=[C](c2ccccc2)c2ccccc2)[CH]2c3ccccc3-c3c2cccc3N(Cc2ccccc2)Cc2ccccc2)=C1.Cl.Cl. The molecule has 0 saturated carbocycles. The van der Waals surface area contributed by atoms with Crippen molar-refractivity contribution in [1.29, 1.82) is 0 Å². The number of rotatable bonds is 9. The number of hydrogen-bond donors (Lipinski definition) is 0. The van der Waals surface area contributed by atoms with Gasteiger partial charge >= 0.3 is 288 Å². The van der Waals surface area contributed by atoms with Crippen LogP contribution in [-0.4, -0.2) is 3.21 Å². The van der Waals surface area contributed by atoms with E-state index in [2.05, 4.69) is 187 Å². The van der Waals surface area contributed by atoms with Gasteiger partial charge in [0.2, 0.25) is 0 Å². The van der Waals surface area contributed by atoms with E-state index in [1.54, 1.807) is 6.49 Å². The Hall–Kier alpha value is -4.07. The number of halogens is 2. The number of hydrogen-bond acceptors (Lipinski definition) is 1. The van der Waals surface area contributed by atoms with Crippen molar-refractivity contribution in [3.8, 4) is 11.1 Å². The molecule has 0 bridgehead atoms. The van der Waals surface area contributed by atoms with Gasteiger partial charge in [-0.2, -0.15) is 0 Å². The number of fused-ring (bicyclic) bond motifs is 3. The van der Waals surface area contributed by atoms with Gasteiger partial charge in [-0.25, -0.2) is 0 Å². The average molecular weight is 756 g/mol. The molecule has 2 aliphatic carbocycles. The van der Waals surface area contributed by atoms with Gasteiger partial charge in [0.15, 0.2) is 0 Å². The molecule has 0 aliphatic heterocycles. The second-order valence-corrected chi connectivity index (χ2v) is 18.7. The minimum absolute atomic E-state index is 0. The maximum Gasteiger partial charge on any atom is -0.147 e. The molecule has 0 radical (unpaired) electrons. The molecule has 1 nitrogen and oxygen atoms in total. The van der Waals surface area contributed by atoms with Crippen LogP contribution in [0.25, 0.3) is 11.1 Å². The molecule has 2 aliphatic rings. The van der Waals surface area contributed by atoms with Crippen LogP contribution in [0.15, 0.2) is 185 Å². The molecule has 4 heteroatoms. The Morgan fingerprint density at radius 1 is 0.551 bits per heavy atom. The number of anilines is 1. The Labute approximate surface area is 310 Å². The normalized spacial score (nSPS) is 13.7. The molecule has 0 amide bonds. The maximum atomic E-state index is 2.60. The van der Waals surface area contributed by atoms with Crippen LogP contribution in [0.4, 0.5) is 5.69 Å². The van der Waals surface area contributed by atoms with Crippen LogP contribution in [0, 0.1) is 0 Å². The van der Waals surface area contributed by atoms with Crippen LogP contribution >= 0.6 is 24.8 Å². The molecule has 8 rings (SSSR count). The quantitative estimate of drug-likeness (QED) is 0.142. The number of benzene rings is 6. The smallest absolute Gasteiger partial charge is 0.147 e. The van der Waals surface area contributed by atoms with Gasteiger partial charge in [-0.15, -0.1) is 24.8 Å². The second kappa shape index (κ2) is 16.1. The minimum atomic E-state index is -2.72. The van der Waals surface area contributed by atoms with E-state index < -0.39 is 21.3 Å². The van der Waals surface area contributed by atoms with Gasteiger partial charge < -0.3 is 0 Å². The van der Waals surface area contributed by atoms with E-state index in [0.29, 0.717) is 3.63 Å². The van der Waals surface area contributed by atoms with Gasteiger partial charge in [0, 0.05) is 0 Å². The monoisotopic (exact) mass is 753 g/mol. The fourth-order valence-electron chi connectivity index (χ4n) is 7.47. The predicted octanol–water partition coefficient (Wildman–Crippen LogP) is 11.5. The molecular weight excluding hydrogens is 717 g/mol. The van der Waals surface area contributed by atoms with Crippen molar-refractivity contribution in [3.05, 3.63) is 219 Å². The topological polar surface area (TPSA) is 3.24 Å². The van der Waals surface area contributed by atoms with Gasteiger partial charge in [-0.05, 0) is 0 Å². The molecule has 0 saturated heterocycles. The first-order valence-electron chi connectivity index (χ1n) is 16.6. The van der Waals surface area contributed by atoms with E-state index in [1.165, 1.54) is 50.2 Å². The molecule has 0 aromatic heterocycles. The van der Waals surface area contributed by atoms with Gasteiger partial charge in [-0.3, -0.25) is 0 Å². The van der Waals surface area contributed by atoms with Crippen molar-refractivity contribution < 1.29 is 21.3 Å². The summed E-state index contributed by atoms with van der Waals surface area (Å²) in [6, 6.07) is 60.8. The first kappa shape index (κ1) is 34.8. The molecule has 6 aromatic rings. The summed E-state index contributed by atoms with van der Waals surface area (Å²) < 4.78 is 3.63. The molecule has 1 unspecified atom stereocenters. The fourth-order valence-corrected chi connectivity index (χ4v) is 16.5. The standard InChI is InChI=1S/C27H22N.C13H10.C5H5.2ClH.Zr/c1-3-10-21(11-4-1)19-28(20-22-12-5-2-6-13-22)26-17-9-15-24-18-23-14-7-8-16-25(23)27(24)26;1-3-7-12(8-4-1)11-13-9-5-2-6-10-13;1-2-4-5-3-1;;;/h1-18H,19-20H2;1-10H;1-3H,4H2;2*1H;. The van der Waals surface area contributed by atoms with Crippen molar-refractivity contribution in [1.82, 2.24) is 0 Å². The molecule has 0 spiro atoms. The zero-order valence-electron chi connectivity index (χ0n) is 27.3. The maximum absolute atomic E-state index is 2.72. The van der Waals surface area contributed by atoms with Crippen LogP contribution in [-0.2, 0) is 34.4 Å². The Balaban J connectivity index is 0.00000208. The van der Waals surface area contributed by atoms with Crippen molar-refractivity contribution >= 4 is 33.7 Å². The second-order valence-electron chi connectivity index (χ2n) is 12.4. The first-order valence-corrected chi connectivity index (χ1v) is 20.5. The molecule has 242 valence electrons. The van der Waals surface area contributed by atoms with Crippen molar-refractivity contribution in [2.45, 2.75) is 23.1 Å². The summed E-state index contributed by atoms with van der Waals surface area (Å²) >= 11 is -2.72. The van der Waals surface area contributed by atoms with E-state index in [9.17, 15) is 0 Å². The third kappa shape index (κ3) is 7.15. The van der Waals surface area contributed by atoms with Crippen LogP contribution in [0.1, 0.15) is 43.4 Å². The number of allylic oxidation sites excluding steroid dienone is 4. The third-order valence-corrected chi connectivity index (χ3v) is 17.8. The molecule has 0 fully saturated rings. The summed E-state index contributed by atoms with van der Waals surface area (Å²) in [6.07, 6.45) is 8.17. The van der Waals surface area contributed by atoms with E-state index in [0.717, 1.165) is 19.5 Å². The minimum Gasteiger partial charge on any atom is -0.147 e. The van der Waals surface area contributed by atoms with Gasteiger partial charge in [0.1, 0.15) is 0 Å². The number of nitrogens with zero attached hydrogens (tertiary/aromatic N) is 1. The van der Waals surface area contributed by atoms with Crippen molar-refractivity contribution in [2.75, 3.05) is 4.90 Å². The summed E-state index contributed by atoms with van der Waals surface area (Å²) in [5.74, 6) is 0. The Morgan fingerprint density at radius 3 is 1.61 bits per heavy atom. The Morgan fingerprint density at radius 2 is 1.06 bits per heavy atom. The van der Waals surface area contributed by atoms with Crippen molar-refractivity contribution in [3.63, 3.8) is 0 Å². The summed E-state index contributed by atoms with van der Waals surface area (Å²) in [4.78, 5) is 2.60. The zero-order valence-corrected chi connectivity index (χ0v) is 31.4. The van der Waals surface area contributed by atoms with E-state index in [1.807, 2.05) is 0 Å².